The standard InChI is InChI=1S/C32H42N6O4/c1-23(2)35-19-21-36(22-20-35)27(39)16-12-7-9-13-25-17-18-37-28(25)30(40)38(26-14-10-8-11-15-26)29(34-37)24(3)42-31(41)33-32(4,5)6/h8,10-11,14-15,17-18,23-24H,7,12,16,19-22H2,1-6H3,(H,33,41)/t24-/m0/s1. The van der Waals surface area contributed by atoms with Crippen LogP contribution in [-0.2, 0) is 9.53 Å². The van der Waals surface area contributed by atoms with E-state index in [1.807, 2.05) is 43.9 Å². The van der Waals surface area contributed by atoms with Gasteiger partial charge in [-0.1, -0.05) is 30.0 Å². The summed E-state index contributed by atoms with van der Waals surface area (Å²) in [4.78, 5) is 43.4. The molecule has 1 aromatic carbocycles. The first-order valence-corrected chi connectivity index (χ1v) is 14.6. The van der Waals surface area contributed by atoms with Crippen molar-refractivity contribution in [3.63, 3.8) is 0 Å². The Bertz CT molecular complexity index is 1520. The smallest absolute Gasteiger partial charge is 0.408 e. The van der Waals surface area contributed by atoms with Gasteiger partial charge in [0.2, 0.25) is 5.91 Å². The second-order valence-electron chi connectivity index (χ2n) is 11.9. The van der Waals surface area contributed by atoms with Gasteiger partial charge < -0.3 is 15.0 Å². The Labute approximate surface area is 247 Å². The number of aromatic nitrogens is 3. The maximum atomic E-state index is 13.9. The lowest BCUT2D eigenvalue weighted by Crippen LogP contribution is -2.50. The van der Waals surface area contributed by atoms with Gasteiger partial charge in [-0.15, -0.1) is 5.10 Å². The topological polar surface area (TPSA) is 101 Å². The van der Waals surface area contributed by atoms with Crippen molar-refractivity contribution in [3.8, 4) is 17.5 Å². The number of nitrogens with one attached hydrogen (secondary N) is 1. The molecule has 0 radical (unpaired) electrons. The number of ether oxygens (including phenoxy) is 1. The number of fused-ring (bicyclic) bond motifs is 1. The van der Waals surface area contributed by atoms with E-state index in [0.717, 1.165) is 26.2 Å². The van der Waals surface area contributed by atoms with Crippen molar-refractivity contribution >= 4 is 17.5 Å². The summed E-state index contributed by atoms with van der Waals surface area (Å²) in [7, 11) is 0. The molecule has 3 aromatic rings. The molecule has 10 nitrogen and oxygen atoms in total. The van der Waals surface area contributed by atoms with E-state index >= 15 is 0 Å². The van der Waals surface area contributed by atoms with Crippen molar-refractivity contribution in [3.05, 3.63) is 64.3 Å². The Kier molecular flexibility index (Phi) is 9.74. The van der Waals surface area contributed by atoms with Crippen LogP contribution in [0.15, 0.2) is 47.4 Å². The molecule has 1 aliphatic rings. The van der Waals surface area contributed by atoms with E-state index in [1.165, 1.54) is 9.08 Å². The number of nitrogens with zero attached hydrogens (tertiary/aromatic N) is 5. The number of carbonyl (C=O) groups is 2. The van der Waals surface area contributed by atoms with Crippen LogP contribution in [0, 0.1) is 11.8 Å². The molecule has 0 aliphatic carbocycles. The fourth-order valence-electron chi connectivity index (χ4n) is 4.95. The lowest BCUT2D eigenvalue weighted by Gasteiger charge is -2.37. The highest BCUT2D eigenvalue weighted by atomic mass is 16.6. The van der Waals surface area contributed by atoms with E-state index in [1.54, 1.807) is 31.3 Å². The minimum Gasteiger partial charge on any atom is -0.438 e. The number of unbranched alkanes of at least 4 members (excludes halogenated alkanes) is 1. The van der Waals surface area contributed by atoms with Gasteiger partial charge in [0, 0.05) is 56.8 Å². The van der Waals surface area contributed by atoms with Crippen LogP contribution in [0.2, 0.25) is 0 Å². The highest BCUT2D eigenvalue weighted by Gasteiger charge is 2.25. The number of carbonyl (C=O) groups excluding carboxylic acids is 2. The number of piperazine rings is 1. The van der Waals surface area contributed by atoms with Crippen LogP contribution in [0.25, 0.3) is 11.2 Å². The molecular formula is C32H42N6O4. The molecule has 0 spiro atoms. The first-order valence-electron chi connectivity index (χ1n) is 14.6. The summed E-state index contributed by atoms with van der Waals surface area (Å²) in [6, 6.07) is 11.4. The van der Waals surface area contributed by atoms with Crippen LogP contribution in [0.4, 0.5) is 4.79 Å². The van der Waals surface area contributed by atoms with Gasteiger partial charge in [-0.05, 0) is 66.2 Å². The third kappa shape index (κ3) is 7.59. The zero-order valence-electron chi connectivity index (χ0n) is 25.5. The zero-order chi connectivity index (χ0) is 30.4. The van der Waals surface area contributed by atoms with Crippen LogP contribution >= 0.6 is 0 Å². The predicted molar refractivity (Wildman–Crippen MR) is 163 cm³/mol. The molecule has 1 fully saturated rings. The summed E-state index contributed by atoms with van der Waals surface area (Å²) in [5.41, 5.74) is 0.701. The number of alkyl carbamates (subject to hydrolysis) is 1. The van der Waals surface area contributed by atoms with Gasteiger partial charge >= 0.3 is 6.09 Å². The minimum absolute atomic E-state index is 0.171. The largest absolute Gasteiger partial charge is 0.438 e. The molecule has 2 amide bonds. The van der Waals surface area contributed by atoms with Crippen molar-refractivity contribution in [2.45, 2.75) is 78.5 Å². The van der Waals surface area contributed by atoms with Crippen molar-refractivity contribution < 1.29 is 14.3 Å². The monoisotopic (exact) mass is 574 g/mol. The molecule has 0 saturated carbocycles. The van der Waals surface area contributed by atoms with E-state index < -0.39 is 17.7 Å². The first-order chi connectivity index (χ1) is 19.9. The van der Waals surface area contributed by atoms with Crippen LogP contribution in [0.1, 0.15) is 78.3 Å². The third-order valence-corrected chi connectivity index (χ3v) is 7.16. The molecule has 4 rings (SSSR count). The van der Waals surface area contributed by atoms with E-state index in [2.05, 4.69) is 41.0 Å². The van der Waals surface area contributed by atoms with E-state index in [4.69, 9.17) is 4.74 Å². The Hall–Kier alpha value is -4.10. The maximum absolute atomic E-state index is 13.9. The molecule has 1 atom stereocenters. The number of benzene rings is 1. The maximum Gasteiger partial charge on any atom is 0.408 e. The van der Waals surface area contributed by atoms with Gasteiger partial charge in [-0.3, -0.25) is 19.1 Å². The fraction of sp³-hybridized carbons (Fsp3) is 0.500. The summed E-state index contributed by atoms with van der Waals surface area (Å²) in [5, 5.41) is 7.44. The Balaban J connectivity index is 1.51. The Morgan fingerprint density at radius 2 is 1.74 bits per heavy atom. The lowest BCUT2D eigenvalue weighted by atomic mass is 10.1. The average molecular weight is 575 g/mol. The number of rotatable bonds is 7. The molecule has 1 N–H and O–H groups in total. The van der Waals surface area contributed by atoms with Crippen LogP contribution in [-0.4, -0.2) is 73.7 Å². The highest BCUT2D eigenvalue weighted by Crippen LogP contribution is 2.20. The van der Waals surface area contributed by atoms with Gasteiger partial charge in [0.15, 0.2) is 11.9 Å². The molecular weight excluding hydrogens is 532 g/mol. The predicted octanol–water partition coefficient (Wildman–Crippen LogP) is 4.15. The number of amides is 2. The molecule has 0 unspecified atom stereocenters. The lowest BCUT2D eigenvalue weighted by molar-refractivity contribution is -0.133. The Morgan fingerprint density at radius 1 is 1.05 bits per heavy atom. The SMILES string of the molecule is CC(C)N1CCN(C(=O)CCCC#Cc2ccn3nc([C@H](C)OC(=O)NC(C)(C)C)n(-c4ccccc4)c(=O)c23)CC1. The first kappa shape index (κ1) is 30.8. The second kappa shape index (κ2) is 13.3. The molecule has 2 aromatic heterocycles. The summed E-state index contributed by atoms with van der Waals surface area (Å²) in [6.07, 6.45) is 1.93. The van der Waals surface area contributed by atoms with E-state index in [9.17, 15) is 14.4 Å². The molecule has 1 saturated heterocycles. The van der Waals surface area contributed by atoms with Gasteiger partial charge in [0.25, 0.3) is 5.56 Å². The van der Waals surface area contributed by atoms with Gasteiger partial charge in [0.05, 0.1) is 11.3 Å². The second-order valence-corrected chi connectivity index (χ2v) is 11.9. The van der Waals surface area contributed by atoms with Gasteiger partial charge in [0.1, 0.15) is 5.52 Å². The molecule has 224 valence electrons. The molecule has 0 bridgehead atoms. The van der Waals surface area contributed by atoms with E-state index in [-0.39, 0.29) is 17.3 Å². The number of hydrogen-bond donors (Lipinski definition) is 1. The van der Waals surface area contributed by atoms with Crippen molar-refractivity contribution in [1.82, 2.24) is 29.3 Å². The number of para-hydroxylation sites is 1. The fourth-order valence-corrected chi connectivity index (χ4v) is 4.95. The van der Waals surface area contributed by atoms with Crippen LogP contribution < -0.4 is 10.9 Å². The Morgan fingerprint density at radius 3 is 2.38 bits per heavy atom. The molecule has 3 heterocycles. The summed E-state index contributed by atoms with van der Waals surface area (Å²) < 4.78 is 8.56. The van der Waals surface area contributed by atoms with Gasteiger partial charge in [-0.2, -0.15) is 0 Å². The summed E-state index contributed by atoms with van der Waals surface area (Å²) in [6.45, 7) is 15.0. The van der Waals surface area contributed by atoms with Crippen molar-refractivity contribution in [2.75, 3.05) is 26.2 Å². The highest BCUT2D eigenvalue weighted by molar-refractivity contribution is 5.76. The van der Waals surface area contributed by atoms with E-state index in [0.29, 0.717) is 42.1 Å². The van der Waals surface area contributed by atoms with Crippen molar-refractivity contribution in [1.29, 1.82) is 0 Å². The summed E-state index contributed by atoms with van der Waals surface area (Å²) >= 11 is 0. The third-order valence-electron chi connectivity index (χ3n) is 7.16. The minimum atomic E-state index is -0.813. The van der Waals surface area contributed by atoms with Crippen LogP contribution in [0.5, 0.6) is 0 Å². The average Bonchev–Trinajstić information content (AvgIpc) is 3.35. The summed E-state index contributed by atoms with van der Waals surface area (Å²) in [5.74, 6) is 6.70. The molecule has 10 heteroatoms. The van der Waals surface area contributed by atoms with Gasteiger partial charge in [-0.25, -0.2) is 9.31 Å². The van der Waals surface area contributed by atoms with Crippen molar-refractivity contribution in [2.24, 2.45) is 0 Å². The number of hydrogen-bond acceptors (Lipinski definition) is 6. The quantitative estimate of drug-likeness (QED) is 0.336. The zero-order valence-corrected chi connectivity index (χ0v) is 25.5. The normalized spacial score (nSPS) is 14.9. The molecule has 42 heavy (non-hydrogen) atoms. The molecule has 1 aliphatic heterocycles. The van der Waals surface area contributed by atoms with Crippen LogP contribution in [0.3, 0.4) is 0 Å².